The first-order chi connectivity index (χ1) is 6.61. The molecule has 0 saturated heterocycles. The van der Waals surface area contributed by atoms with Gasteiger partial charge < -0.3 is 0 Å². The zero-order valence-electron chi connectivity index (χ0n) is 8.87. The Balaban J connectivity index is 2.33. The summed E-state index contributed by atoms with van der Waals surface area (Å²) in [7, 11) is 0. The fourth-order valence-electron chi connectivity index (χ4n) is 1.84. The maximum absolute atomic E-state index is 6.05. The minimum atomic E-state index is 0.385. The summed E-state index contributed by atoms with van der Waals surface area (Å²) in [6.45, 7) is 6.45. The van der Waals surface area contributed by atoms with Crippen LogP contribution in [0.3, 0.4) is 0 Å². The van der Waals surface area contributed by atoms with E-state index in [1.54, 1.807) is 0 Å². The first-order valence-electron chi connectivity index (χ1n) is 5.21. The van der Waals surface area contributed by atoms with Crippen LogP contribution in [0.2, 0.25) is 5.28 Å². The van der Waals surface area contributed by atoms with Gasteiger partial charge in [0.2, 0.25) is 5.28 Å². The van der Waals surface area contributed by atoms with E-state index in [1.165, 1.54) is 12.8 Å². The first-order valence-corrected chi connectivity index (χ1v) is 5.59. The van der Waals surface area contributed by atoms with Crippen LogP contribution in [0.15, 0.2) is 0 Å². The zero-order chi connectivity index (χ0) is 10.3. The van der Waals surface area contributed by atoms with Crippen LogP contribution in [0.4, 0.5) is 0 Å². The van der Waals surface area contributed by atoms with Crippen molar-refractivity contribution in [1.82, 2.24) is 14.8 Å². The molecule has 0 radical (unpaired) electrons. The molecular formula is C10H16ClN3. The van der Waals surface area contributed by atoms with Crippen LogP contribution < -0.4 is 0 Å². The Hall–Kier alpha value is -0.570. The van der Waals surface area contributed by atoms with Gasteiger partial charge in [-0.25, -0.2) is 0 Å². The van der Waals surface area contributed by atoms with Crippen LogP contribution in [0, 0.1) is 5.92 Å². The third kappa shape index (κ3) is 1.65. The molecule has 1 aliphatic carbocycles. The van der Waals surface area contributed by atoms with Crippen LogP contribution in [0.25, 0.3) is 0 Å². The fraction of sp³-hybridized carbons (Fsp3) is 0.800. The molecule has 0 amide bonds. The molecule has 0 N–H and O–H groups in total. The van der Waals surface area contributed by atoms with E-state index in [0.29, 0.717) is 17.2 Å². The lowest BCUT2D eigenvalue weighted by molar-refractivity contribution is 0.459. The summed E-state index contributed by atoms with van der Waals surface area (Å²) in [5, 5.41) is 8.61. The molecule has 0 spiro atoms. The van der Waals surface area contributed by atoms with Gasteiger partial charge in [0.25, 0.3) is 0 Å². The summed E-state index contributed by atoms with van der Waals surface area (Å²) in [6.07, 6.45) is 2.63. The highest BCUT2D eigenvalue weighted by molar-refractivity contribution is 6.28. The van der Waals surface area contributed by atoms with E-state index in [2.05, 4.69) is 35.5 Å². The largest absolute Gasteiger partial charge is 0.298 e. The SMILES string of the molecule is CC(C)c1nnc(Cl)n1C(C)C1CC1. The summed E-state index contributed by atoms with van der Waals surface area (Å²) < 4.78 is 2.09. The molecule has 1 fully saturated rings. The molecule has 4 heteroatoms. The minimum Gasteiger partial charge on any atom is -0.298 e. The van der Waals surface area contributed by atoms with E-state index in [9.17, 15) is 0 Å². The monoisotopic (exact) mass is 213 g/mol. The highest BCUT2D eigenvalue weighted by atomic mass is 35.5. The van der Waals surface area contributed by atoms with E-state index in [4.69, 9.17) is 11.6 Å². The van der Waals surface area contributed by atoms with E-state index >= 15 is 0 Å². The van der Waals surface area contributed by atoms with Crippen molar-refractivity contribution in [2.45, 2.75) is 45.6 Å². The highest BCUT2D eigenvalue weighted by Crippen LogP contribution is 2.41. The van der Waals surface area contributed by atoms with Gasteiger partial charge in [0.15, 0.2) is 0 Å². The molecule has 14 heavy (non-hydrogen) atoms. The molecule has 1 aromatic heterocycles. The van der Waals surface area contributed by atoms with E-state index < -0.39 is 0 Å². The molecule has 1 aliphatic rings. The van der Waals surface area contributed by atoms with Crippen LogP contribution in [0.5, 0.6) is 0 Å². The van der Waals surface area contributed by atoms with Crippen molar-refractivity contribution >= 4 is 11.6 Å². The summed E-state index contributed by atoms with van der Waals surface area (Å²) in [6, 6.07) is 0.454. The van der Waals surface area contributed by atoms with Gasteiger partial charge in [0.05, 0.1) is 0 Å². The smallest absolute Gasteiger partial charge is 0.225 e. The second-order valence-electron chi connectivity index (χ2n) is 4.43. The number of hydrogen-bond donors (Lipinski definition) is 0. The van der Waals surface area contributed by atoms with Crippen molar-refractivity contribution in [3.05, 3.63) is 11.1 Å². The third-order valence-corrected chi connectivity index (χ3v) is 3.17. The molecule has 1 atom stereocenters. The minimum absolute atomic E-state index is 0.385. The standard InChI is InChI=1S/C10H16ClN3/c1-6(2)9-12-13-10(11)14(9)7(3)8-4-5-8/h6-8H,4-5H2,1-3H3. The Bertz CT molecular complexity index is 328. The fourth-order valence-corrected chi connectivity index (χ4v) is 2.12. The first kappa shape index (κ1) is 9.97. The van der Waals surface area contributed by atoms with Crippen molar-refractivity contribution in [1.29, 1.82) is 0 Å². The molecule has 3 nitrogen and oxygen atoms in total. The number of hydrogen-bond acceptors (Lipinski definition) is 2. The van der Waals surface area contributed by atoms with Gasteiger partial charge in [-0.05, 0) is 37.3 Å². The molecule has 2 rings (SSSR count). The lowest BCUT2D eigenvalue weighted by Gasteiger charge is -2.16. The van der Waals surface area contributed by atoms with Crippen molar-refractivity contribution in [2.24, 2.45) is 5.92 Å². The predicted molar refractivity (Wildman–Crippen MR) is 56.6 cm³/mol. The topological polar surface area (TPSA) is 30.7 Å². The zero-order valence-corrected chi connectivity index (χ0v) is 9.62. The number of nitrogens with zero attached hydrogens (tertiary/aromatic N) is 3. The van der Waals surface area contributed by atoms with Gasteiger partial charge in [-0.2, -0.15) is 0 Å². The molecule has 1 unspecified atom stereocenters. The molecule has 0 bridgehead atoms. The molecule has 78 valence electrons. The number of halogens is 1. The Labute approximate surface area is 89.5 Å². The maximum Gasteiger partial charge on any atom is 0.225 e. The average molecular weight is 214 g/mol. The number of aromatic nitrogens is 3. The predicted octanol–water partition coefficient (Wildman–Crippen LogP) is 3.03. The van der Waals surface area contributed by atoms with Crippen LogP contribution in [-0.4, -0.2) is 14.8 Å². The molecule has 0 aliphatic heterocycles. The molecule has 1 aromatic rings. The van der Waals surface area contributed by atoms with Gasteiger partial charge in [0, 0.05) is 12.0 Å². The highest BCUT2D eigenvalue weighted by Gasteiger charge is 2.32. The van der Waals surface area contributed by atoms with E-state index in [1.807, 2.05) is 0 Å². The second kappa shape index (κ2) is 3.54. The molecular weight excluding hydrogens is 198 g/mol. The van der Waals surface area contributed by atoms with Crippen molar-refractivity contribution < 1.29 is 0 Å². The normalized spacial score (nSPS) is 18.9. The van der Waals surface area contributed by atoms with E-state index in [-0.39, 0.29) is 0 Å². The number of rotatable bonds is 3. The molecule has 1 heterocycles. The second-order valence-corrected chi connectivity index (χ2v) is 4.77. The van der Waals surface area contributed by atoms with Gasteiger partial charge in [-0.15, -0.1) is 10.2 Å². The van der Waals surface area contributed by atoms with Crippen LogP contribution >= 0.6 is 11.6 Å². The molecule has 0 aromatic carbocycles. The summed E-state index contributed by atoms with van der Waals surface area (Å²) in [5.74, 6) is 2.17. The lowest BCUT2D eigenvalue weighted by atomic mass is 10.1. The average Bonchev–Trinajstić information content (AvgIpc) is 2.88. The summed E-state index contributed by atoms with van der Waals surface area (Å²) in [4.78, 5) is 0. The van der Waals surface area contributed by atoms with Gasteiger partial charge in [0.1, 0.15) is 5.82 Å². The van der Waals surface area contributed by atoms with Crippen molar-refractivity contribution in [3.8, 4) is 0 Å². The van der Waals surface area contributed by atoms with Crippen LogP contribution in [-0.2, 0) is 0 Å². The third-order valence-electron chi connectivity index (χ3n) is 2.91. The van der Waals surface area contributed by atoms with E-state index in [0.717, 1.165) is 11.7 Å². The molecule has 1 saturated carbocycles. The van der Waals surface area contributed by atoms with Gasteiger partial charge in [-0.1, -0.05) is 13.8 Å². The summed E-state index contributed by atoms with van der Waals surface area (Å²) in [5.41, 5.74) is 0. The Kier molecular flexibility index (Phi) is 2.52. The van der Waals surface area contributed by atoms with Gasteiger partial charge in [-0.3, -0.25) is 4.57 Å². The summed E-state index contributed by atoms with van der Waals surface area (Å²) >= 11 is 6.05. The Morgan fingerprint density at radius 1 is 1.29 bits per heavy atom. The quantitative estimate of drug-likeness (QED) is 0.773. The lowest BCUT2D eigenvalue weighted by Crippen LogP contribution is -2.12. The van der Waals surface area contributed by atoms with Crippen molar-refractivity contribution in [3.63, 3.8) is 0 Å². The van der Waals surface area contributed by atoms with Crippen molar-refractivity contribution in [2.75, 3.05) is 0 Å². The maximum atomic E-state index is 6.05. The van der Waals surface area contributed by atoms with Crippen LogP contribution in [0.1, 0.15) is 51.4 Å². The van der Waals surface area contributed by atoms with Gasteiger partial charge >= 0.3 is 0 Å². The Morgan fingerprint density at radius 3 is 2.43 bits per heavy atom. The Morgan fingerprint density at radius 2 is 1.93 bits per heavy atom.